The highest BCUT2D eigenvalue weighted by molar-refractivity contribution is 5.74. The molecule has 1 rings (SSSR count). The molecular formula is C14H22N2O2. The third-order valence-corrected chi connectivity index (χ3v) is 2.89. The molecule has 0 aliphatic rings. The molecule has 0 aromatic heterocycles. The second-order valence-corrected chi connectivity index (χ2v) is 5.21. The number of carbonyl (C=O) groups is 1. The van der Waals surface area contributed by atoms with Crippen molar-refractivity contribution in [2.45, 2.75) is 27.2 Å². The highest BCUT2D eigenvalue weighted by Crippen LogP contribution is 2.24. The average Bonchev–Trinajstić information content (AvgIpc) is 2.28. The first kappa shape index (κ1) is 14.4. The van der Waals surface area contributed by atoms with Crippen LogP contribution >= 0.6 is 0 Å². The van der Waals surface area contributed by atoms with E-state index >= 15 is 0 Å². The topological polar surface area (TPSA) is 66.6 Å². The van der Waals surface area contributed by atoms with Crippen LogP contribution in [0.5, 0.6) is 0 Å². The van der Waals surface area contributed by atoms with Gasteiger partial charge in [-0.15, -0.1) is 0 Å². The summed E-state index contributed by atoms with van der Waals surface area (Å²) in [4.78, 5) is 13.3. The maximum atomic E-state index is 11.2. The van der Waals surface area contributed by atoms with Crippen molar-refractivity contribution >= 4 is 17.3 Å². The number of rotatable bonds is 6. The molecule has 4 nitrogen and oxygen atoms in total. The zero-order valence-corrected chi connectivity index (χ0v) is 11.3. The number of nitrogens with zero attached hydrogens (tertiary/aromatic N) is 1. The minimum absolute atomic E-state index is 0.472. The fraction of sp³-hybridized carbons (Fsp3) is 0.500. The number of hydrogen-bond donors (Lipinski definition) is 2. The third kappa shape index (κ3) is 3.65. The molecule has 0 radical (unpaired) electrons. The molecular weight excluding hydrogens is 228 g/mol. The Balaban J connectivity index is 2.93. The lowest BCUT2D eigenvalue weighted by Gasteiger charge is -2.31. The molecule has 0 atom stereocenters. The first-order valence-electron chi connectivity index (χ1n) is 6.20. The molecule has 0 amide bonds. The molecule has 0 unspecified atom stereocenters. The molecule has 0 heterocycles. The van der Waals surface area contributed by atoms with Gasteiger partial charge in [-0.3, -0.25) is 4.79 Å². The number of carboxylic acids is 1. The van der Waals surface area contributed by atoms with Crippen LogP contribution < -0.4 is 10.6 Å². The third-order valence-electron chi connectivity index (χ3n) is 2.89. The minimum Gasteiger partial charge on any atom is -0.481 e. The van der Waals surface area contributed by atoms with Gasteiger partial charge in [0.05, 0.1) is 5.41 Å². The van der Waals surface area contributed by atoms with E-state index in [-0.39, 0.29) is 0 Å². The summed E-state index contributed by atoms with van der Waals surface area (Å²) < 4.78 is 0. The highest BCUT2D eigenvalue weighted by Gasteiger charge is 2.29. The average molecular weight is 250 g/mol. The molecule has 0 fully saturated rings. The number of benzene rings is 1. The fourth-order valence-corrected chi connectivity index (χ4v) is 1.84. The number of anilines is 2. The van der Waals surface area contributed by atoms with Gasteiger partial charge in [0, 0.05) is 24.5 Å². The van der Waals surface area contributed by atoms with E-state index in [4.69, 9.17) is 5.73 Å². The molecule has 0 aliphatic heterocycles. The largest absolute Gasteiger partial charge is 0.481 e. The van der Waals surface area contributed by atoms with Gasteiger partial charge in [0.2, 0.25) is 0 Å². The highest BCUT2D eigenvalue weighted by atomic mass is 16.4. The van der Waals surface area contributed by atoms with E-state index in [2.05, 4.69) is 11.8 Å². The molecule has 0 aliphatic carbocycles. The van der Waals surface area contributed by atoms with Crippen molar-refractivity contribution in [3.8, 4) is 0 Å². The predicted octanol–water partition coefficient (Wildman–Crippen LogP) is 2.60. The van der Waals surface area contributed by atoms with Crippen LogP contribution in [-0.2, 0) is 4.79 Å². The molecule has 0 spiro atoms. The maximum Gasteiger partial charge on any atom is 0.310 e. The lowest BCUT2D eigenvalue weighted by atomic mass is 9.92. The zero-order chi connectivity index (χ0) is 13.8. The lowest BCUT2D eigenvalue weighted by molar-refractivity contribution is -0.146. The predicted molar refractivity (Wildman–Crippen MR) is 74.8 cm³/mol. The first-order valence-corrected chi connectivity index (χ1v) is 6.20. The van der Waals surface area contributed by atoms with Gasteiger partial charge in [-0.1, -0.05) is 13.0 Å². The van der Waals surface area contributed by atoms with Crippen molar-refractivity contribution in [1.29, 1.82) is 0 Å². The van der Waals surface area contributed by atoms with E-state index in [1.54, 1.807) is 13.8 Å². The van der Waals surface area contributed by atoms with Crippen LogP contribution in [0.4, 0.5) is 11.4 Å². The van der Waals surface area contributed by atoms with Gasteiger partial charge >= 0.3 is 5.97 Å². The monoisotopic (exact) mass is 250 g/mol. The van der Waals surface area contributed by atoms with Crippen molar-refractivity contribution in [1.82, 2.24) is 0 Å². The molecule has 0 saturated carbocycles. The Labute approximate surface area is 108 Å². The molecule has 1 aromatic rings. The Bertz CT molecular complexity index is 416. The Morgan fingerprint density at radius 3 is 2.61 bits per heavy atom. The first-order chi connectivity index (χ1) is 8.36. The van der Waals surface area contributed by atoms with Crippen molar-refractivity contribution < 1.29 is 9.90 Å². The van der Waals surface area contributed by atoms with E-state index in [0.717, 1.165) is 18.7 Å². The van der Waals surface area contributed by atoms with Crippen LogP contribution in [0.2, 0.25) is 0 Å². The van der Waals surface area contributed by atoms with Gasteiger partial charge in [0.15, 0.2) is 0 Å². The Hall–Kier alpha value is -1.71. The summed E-state index contributed by atoms with van der Waals surface area (Å²) in [7, 11) is 0. The standard InChI is InChI=1S/C14H22N2O2/c1-4-8-16(10-14(2,3)13(17)18)12-7-5-6-11(15)9-12/h5-7,9H,4,8,10,15H2,1-3H3,(H,17,18). The van der Waals surface area contributed by atoms with Gasteiger partial charge in [-0.2, -0.15) is 0 Å². The van der Waals surface area contributed by atoms with E-state index in [0.29, 0.717) is 12.2 Å². The van der Waals surface area contributed by atoms with Gasteiger partial charge in [0.1, 0.15) is 0 Å². The number of hydrogen-bond acceptors (Lipinski definition) is 3. The molecule has 0 saturated heterocycles. The van der Waals surface area contributed by atoms with Gasteiger partial charge in [-0.05, 0) is 38.5 Å². The fourth-order valence-electron chi connectivity index (χ4n) is 1.84. The maximum absolute atomic E-state index is 11.2. The molecule has 18 heavy (non-hydrogen) atoms. The SMILES string of the molecule is CCCN(CC(C)(C)C(=O)O)c1cccc(N)c1. The lowest BCUT2D eigenvalue weighted by Crippen LogP contribution is -2.39. The van der Waals surface area contributed by atoms with Crippen molar-refractivity contribution in [2.24, 2.45) is 5.41 Å². The van der Waals surface area contributed by atoms with Gasteiger partial charge in [-0.25, -0.2) is 0 Å². The molecule has 4 heteroatoms. The van der Waals surface area contributed by atoms with Crippen LogP contribution in [0.25, 0.3) is 0 Å². The summed E-state index contributed by atoms with van der Waals surface area (Å²) in [6, 6.07) is 7.56. The van der Waals surface area contributed by atoms with Crippen LogP contribution in [-0.4, -0.2) is 24.2 Å². The van der Waals surface area contributed by atoms with E-state index in [1.807, 2.05) is 24.3 Å². The molecule has 100 valence electrons. The summed E-state index contributed by atoms with van der Waals surface area (Å²) in [6.45, 7) is 6.85. The Morgan fingerprint density at radius 2 is 2.11 bits per heavy atom. The molecule has 1 aromatic carbocycles. The van der Waals surface area contributed by atoms with Gasteiger partial charge in [0.25, 0.3) is 0 Å². The summed E-state index contributed by atoms with van der Waals surface area (Å²) in [5.74, 6) is -0.785. The normalized spacial score (nSPS) is 11.3. The Morgan fingerprint density at radius 1 is 1.44 bits per heavy atom. The second kappa shape index (κ2) is 5.76. The molecule has 3 N–H and O–H groups in total. The number of aliphatic carboxylic acids is 1. The van der Waals surface area contributed by atoms with Crippen LogP contribution in [0.3, 0.4) is 0 Å². The molecule has 0 bridgehead atoms. The van der Waals surface area contributed by atoms with Crippen LogP contribution in [0.15, 0.2) is 24.3 Å². The van der Waals surface area contributed by atoms with Crippen molar-refractivity contribution in [2.75, 3.05) is 23.7 Å². The Kier molecular flexibility index (Phi) is 4.59. The van der Waals surface area contributed by atoms with E-state index < -0.39 is 11.4 Å². The van der Waals surface area contributed by atoms with E-state index in [9.17, 15) is 9.90 Å². The summed E-state index contributed by atoms with van der Waals surface area (Å²) in [6.07, 6.45) is 0.963. The smallest absolute Gasteiger partial charge is 0.310 e. The second-order valence-electron chi connectivity index (χ2n) is 5.21. The number of nitrogens with two attached hydrogens (primary N) is 1. The minimum atomic E-state index is -0.785. The zero-order valence-electron chi connectivity index (χ0n) is 11.3. The van der Waals surface area contributed by atoms with Gasteiger partial charge < -0.3 is 15.7 Å². The van der Waals surface area contributed by atoms with E-state index in [1.165, 1.54) is 0 Å². The van der Waals surface area contributed by atoms with Crippen LogP contribution in [0, 0.1) is 5.41 Å². The summed E-state index contributed by atoms with van der Waals surface area (Å²) in [5, 5.41) is 9.21. The summed E-state index contributed by atoms with van der Waals surface area (Å²) in [5.41, 5.74) is 6.67. The van der Waals surface area contributed by atoms with Crippen molar-refractivity contribution in [3.63, 3.8) is 0 Å². The quantitative estimate of drug-likeness (QED) is 0.762. The number of carboxylic acid groups (broad SMARTS) is 1. The number of nitrogen functional groups attached to an aromatic ring is 1. The van der Waals surface area contributed by atoms with Crippen molar-refractivity contribution in [3.05, 3.63) is 24.3 Å². The van der Waals surface area contributed by atoms with Crippen LogP contribution in [0.1, 0.15) is 27.2 Å². The summed E-state index contributed by atoms with van der Waals surface area (Å²) >= 11 is 0.